The number of nitrogens with two attached hydrogens (primary N) is 2. The van der Waals surface area contributed by atoms with Crippen molar-refractivity contribution >= 4 is 29.1 Å². The smallest absolute Gasteiger partial charge is 0.412 e. The average Bonchev–Trinajstić information content (AvgIpc) is 2.75. The summed E-state index contributed by atoms with van der Waals surface area (Å²) in [5, 5.41) is 15.4. The zero-order valence-corrected chi connectivity index (χ0v) is 16.8. The second kappa shape index (κ2) is 9.55. The van der Waals surface area contributed by atoms with Crippen LogP contribution in [-0.2, 0) is 4.74 Å². The average molecular weight is 422 g/mol. The molecule has 31 heavy (non-hydrogen) atoms. The van der Waals surface area contributed by atoms with Crippen molar-refractivity contribution in [3.63, 3.8) is 0 Å². The molecule has 0 saturated heterocycles. The number of rotatable bonds is 7. The molecule has 0 unspecified atom stereocenters. The van der Waals surface area contributed by atoms with Crippen molar-refractivity contribution in [2.24, 2.45) is 5.84 Å². The fourth-order valence-corrected chi connectivity index (χ4v) is 3.19. The van der Waals surface area contributed by atoms with Gasteiger partial charge in [-0.3, -0.25) is 20.4 Å². The molecule has 0 aliphatic rings. The predicted molar refractivity (Wildman–Crippen MR) is 117 cm³/mol. The van der Waals surface area contributed by atoms with E-state index in [1.807, 2.05) is 60.7 Å². The Morgan fingerprint density at radius 3 is 2.19 bits per heavy atom. The Hall–Kier alpha value is -4.18. The number of carbonyl (C=O) groups excluding carboxylic acids is 1. The van der Waals surface area contributed by atoms with Crippen LogP contribution in [0.3, 0.4) is 0 Å². The molecule has 1 aromatic heterocycles. The molecule has 0 saturated carbocycles. The maximum absolute atomic E-state index is 11.8. The molecule has 0 bridgehead atoms. The number of nitrogen functional groups attached to an aromatic ring is 1. The van der Waals surface area contributed by atoms with E-state index in [0.717, 1.165) is 11.1 Å². The van der Waals surface area contributed by atoms with E-state index in [2.05, 4.69) is 10.3 Å². The van der Waals surface area contributed by atoms with E-state index in [1.165, 1.54) is 11.1 Å². The summed E-state index contributed by atoms with van der Waals surface area (Å²) in [6.07, 6.45) is -0.763. The summed E-state index contributed by atoms with van der Waals surface area (Å²) >= 11 is 0. The van der Waals surface area contributed by atoms with Gasteiger partial charge in [0.25, 0.3) is 0 Å². The summed E-state index contributed by atoms with van der Waals surface area (Å²) in [6, 6.07) is 19.3. The lowest BCUT2D eigenvalue weighted by atomic mass is 9.97. The molecule has 3 rings (SSSR count). The third-order valence-electron chi connectivity index (χ3n) is 4.47. The Bertz CT molecular complexity index is 1020. The van der Waals surface area contributed by atoms with Crippen LogP contribution in [-0.4, -0.2) is 22.6 Å². The molecule has 1 heterocycles. The van der Waals surface area contributed by atoms with Gasteiger partial charge in [-0.1, -0.05) is 60.7 Å². The highest BCUT2D eigenvalue weighted by molar-refractivity contribution is 5.86. The van der Waals surface area contributed by atoms with Gasteiger partial charge in [0.2, 0.25) is 5.82 Å². The summed E-state index contributed by atoms with van der Waals surface area (Å²) in [4.78, 5) is 26.8. The minimum Gasteiger partial charge on any atom is -0.450 e. The summed E-state index contributed by atoms with van der Waals surface area (Å²) in [7, 11) is 0. The van der Waals surface area contributed by atoms with E-state index >= 15 is 0 Å². The number of aromatic nitrogens is 1. The summed E-state index contributed by atoms with van der Waals surface area (Å²) in [5.74, 6) is 6.06. The lowest BCUT2D eigenvalue weighted by molar-refractivity contribution is -0.383. The first kappa shape index (κ1) is 21.5. The summed E-state index contributed by atoms with van der Waals surface area (Å²) < 4.78 is 4.84. The van der Waals surface area contributed by atoms with Gasteiger partial charge in [0, 0.05) is 6.07 Å². The number of hydrazine groups is 1. The van der Waals surface area contributed by atoms with Crippen LogP contribution in [0.5, 0.6) is 0 Å². The third kappa shape index (κ3) is 4.87. The largest absolute Gasteiger partial charge is 0.450 e. The highest BCUT2D eigenvalue weighted by Crippen LogP contribution is 2.39. The number of pyridine rings is 1. The van der Waals surface area contributed by atoms with Crippen molar-refractivity contribution in [3.8, 4) is 0 Å². The molecular formula is C21H22N6O4. The fourth-order valence-electron chi connectivity index (χ4n) is 3.19. The van der Waals surface area contributed by atoms with Crippen LogP contribution in [0.4, 0.5) is 27.8 Å². The number of nitrogens with one attached hydrogen (secondary N) is 1. The number of nitrogens with zero attached hydrogens (tertiary/aromatic N) is 3. The van der Waals surface area contributed by atoms with E-state index < -0.39 is 22.7 Å². The number of hydrogen-bond acceptors (Lipinski definition) is 8. The molecule has 2 aromatic carbocycles. The van der Waals surface area contributed by atoms with Gasteiger partial charge >= 0.3 is 11.8 Å². The fraction of sp³-hybridized carbons (Fsp3) is 0.143. The normalized spacial score (nSPS) is 10.5. The first-order chi connectivity index (χ1) is 14.9. The molecule has 5 N–H and O–H groups in total. The van der Waals surface area contributed by atoms with Gasteiger partial charge in [-0.25, -0.2) is 15.6 Å². The zero-order valence-electron chi connectivity index (χ0n) is 16.8. The number of hydrogen-bond donors (Lipinski definition) is 3. The van der Waals surface area contributed by atoms with Crippen LogP contribution in [0.2, 0.25) is 0 Å². The van der Waals surface area contributed by atoms with Crippen molar-refractivity contribution in [2.45, 2.75) is 13.0 Å². The summed E-state index contributed by atoms with van der Waals surface area (Å²) in [6.45, 7) is 1.79. The second-order valence-corrected chi connectivity index (χ2v) is 6.49. The Morgan fingerprint density at radius 2 is 1.71 bits per heavy atom. The number of nitro groups is 1. The third-order valence-corrected chi connectivity index (χ3v) is 4.47. The van der Waals surface area contributed by atoms with Crippen LogP contribution in [0.25, 0.3) is 0 Å². The van der Waals surface area contributed by atoms with Crippen LogP contribution in [0, 0.1) is 10.1 Å². The Balaban J connectivity index is 2.13. The molecule has 0 atom stereocenters. The quantitative estimate of drug-likeness (QED) is 0.297. The molecule has 1 amide bonds. The van der Waals surface area contributed by atoms with Crippen molar-refractivity contribution < 1.29 is 14.5 Å². The highest BCUT2D eigenvalue weighted by atomic mass is 16.6. The maximum atomic E-state index is 11.8. The summed E-state index contributed by atoms with van der Waals surface area (Å²) in [5.41, 5.74) is 7.00. The predicted octanol–water partition coefficient (Wildman–Crippen LogP) is 3.61. The minimum atomic E-state index is -0.763. The van der Waals surface area contributed by atoms with Crippen LogP contribution in [0.15, 0.2) is 66.7 Å². The van der Waals surface area contributed by atoms with Crippen molar-refractivity contribution in [1.29, 1.82) is 0 Å². The van der Waals surface area contributed by atoms with Gasteiger partial charge in [-0.05, 0) is 18.1 Å². The van der Waals surface area contributed by atoms with E-state index in [4.69, 9.17) is 16.3 Å². The van der Waals surface area contributed by atoms with Gasteiger partial charge < -0.3 is 10.5 Å². The van der Waals surface area contributed by atoms with Crippen LogP contribution < -0.4 is 21.9 Å². The Morgan fingerprint density at radius 1 is 1.16 bits per heavy atom. The van der Waals surface area contributed by atoms with Gasteiger partial charge in [0.05, 0.1) is 17.6 Å². The van der Waals surface area contributed by atoms with E-state index in [-0.39, 0.29) is 23.9 Å². The van der Waals surface area contributed by atoms with Crippen LogP contribution >= 0.6 is 0 Å². The second-order valence-electron chi connectivity index (χ2n) is 6.49. The lowest BCUT2D eigenvalue weighted by Gasteiger charge is -2.30. The highest BCUT2D eigenvalue weighted by Gasteiger charge is 2.30. The van der Waals surface area contributed by atoms with E-state index in [9.17, 15) is 14.9 Å². The van der Waals surface area contributed by atoms with Crippen molar-refractivity contribution in [3.05, 3.63) is 88.0 Å². The van der Waals surface area contributed by atoms with E-state index in [0.29, 0.717) is 0 Å². The topological polar surface area (TPSA) is 150 Å². The minimum absolute atomic E-state index is 0.0120. The van der Waals surface area contributed by atoms with Gasteiger partial charge in [-0.2, -0.15) is 0 Å². The molecule has 3 aromatic rings. The van der Waals surface area contributed by atoms with Crippen molar-refractivity contribution in [2.75, 3.05) is 22.7 Å². The molecule has 0 aliphatic heterocycles. The maximum Gasteiger partial charge on any atom is 0.412 e. The number of ether oxygens (including phenoxy) is 1. The van der Waals surface area contributed by atoms with Gasteiger partial charge in [0.15, 0.2) is 0 Å². The number of carbonyl (C=O) groups is 1. The Kier molecular flexibility index (Phi) is 6.63. The van der Waals surface area contributed by atoms with Gasteiger partial charge in [0.1, 0.15) is 11.5 Å². The molecule has 0 spiro atoms. The SMILES string of the molecule is CCOC(=O)Nc1cc(N(N)C(c2ccccc2)c2ccccc2)c([N+](=O)[O-])c(N)n1. The van der Waals surface area contributed by atoms with E-state index in [1.54, 1.807) is 6.92 Å². The number of amides is 1. The molecular weight excluding hydrogens is 400 g/mol. The van der Waals surface area contributed by atoms with Gasteiger partial charge in [-0.15, -0.1) is 0 Å². The molecule has 0 radical (unpaired) electrons. The molecule has 0 fully saturated rings. The zero-order chi connectivity index (χ0) is 22.4. The van der Waals surface area contributed by atoms with Crippen LogP contribution in [0.1, 0.15) is 24.1 Å². The lowest BCUT2D eigenvalue weighted by Crippen LogP contribution is -2.37. The number of benzene rings is 2. The monoisotopic (exact) mass is 422 g/mol. The molecule has 0 aliphatic carbocycles. The molecule has 10 nitrogen and oxygen atoms in total. The van der Waals surface area contributed by atoms with Crippen molar-refractivity contribution in [1.82, 2.24) is 4.98 Å². The molecule has 10 heteroatoms. The first-order valence-corrected chi connectivity index (χ1v) is 9.44. The standard InChI is InChI=1S/C21H22N6O4/c1-2-31-21(28)25-17-13-16(19(27(29)30)20(22)24-17)26(23)18(14-9-5-3-6-10-14)15-11-7-4-8-12-15/h3-13,18H,2,23H2,1H3,(H3,22,24,25,28). The first-order valence-electron chi connectivity index (χ1n) is 9.44. The number of anilines is 3. The Labute approximate surface area is 178 Å². The molecule has 160 valence electrons.